The lowest BCUT2D eigenvalue weighted by Gasteiger charge is -2.25. The minimum Gasteiger partial charge on any atom is -0.507 e. The number of Topliss-reactive ketones (excluding diaryl/α,β-unsaturated/α-hetero) is 1. The molecular weight excluding hydrogens is 470 g/mol. The van der Waals surface area contributed by atoms with Crippen LogP contribution in [-0.4, -0.2) is 28.8 Å². The Kier molecular flexibility index (Phi) is 6.76. The van der Waals surface area contributed by atoms with E-state index in [-0.39, 0.29) is 17.9 Å². The van der Waals surface area contributed by atoms with Gasteiger partial charge in [-0.15, -0.1) is 0 Å². The van der Waals surface area contributed by atoms with Crippen LogP contribution in [0.5, 0.6) is 11.5 Å². The second-order valence-corrected chi connectivity index (χ2v) is 8.56. The largest absolute Gasteiger partial charge is 0.507 e. The van der Waals surface area contributed by atoms with Gasteiger partial charge in [-0.05, 0) is 35.4 Å². The predicted molar refractivity (Wildman–Crippen MR) is 137 cm³/mol. The van der Waals surface area contributed by atoms with Crippen molar-refractivity contribution in [3.8, 4) is 11.5 Å². The van der Waals surface area contributed by atoms with Gasteiger partial charge in [-0.2, -0.15) is 0 Å². The van der Waals surface area contributed by atoms with Crippen LogP contribution in [0.25, 0.3) is 5.76 Å². The Morgan fingerprint density at radius 3 is 2.32 bits per heavy atom. The number of nitrogens with zero attached hydrogens (tertiary/aromatic N) is 1. The van der Waals surface area contributed by atoms with Crippen molar-refractivity contribution in [3.63, 3.8) is 0 Å². The number of hydrogen-bond donors (Lipinski definition) is 1. The average molecular weight is 496 g/mol. The first kappa shape index (κ1) is 23.9. The molecule has 1 saturated heterocycles. The molecule has 1 amide bonds. The molecule has 7 heteroatoms. The van der Waals surface area contributed by atoms with E-state index in [9.17, 15) is 14.7 Å². The van der Waals surface area contributed by atoms with Gasteiger partial charge in [-0.1, -0.05) is 66.7 Å². The first-order chi connectivity index (χ1) is 18.1. The maximum atomic E-state index is 13.2. The summed E-state index contributed by atoms with van der Waals surface area (Å²) in [5.41, 5.74) is 2.04. The van der Waals surface area contributed by atoms with Crippen LogP contribution >= 0.6 is 0 Å². The van der Waals surface area contributed by atoms with Gasteiger partial charge in [-0.25, -0.2) is 0 Å². The molecule has 0 bridgehead atoms. The van der Waals surface area contributed by atoms with Gasteiger partial charge in [0.05, 0.1) is 31.5 Å². The zero-order valence-corrected chi connectivity index (χ0v) is 20.2. The van der Waals surface area contributed by atoms with Crippen LogP contribution in [0.15, 0.2) is 107 Å². The van der Waals surface area contributed by atoms with Crippen molar-refractivity contribution in [2.75, 3.05) is 7.11 Å². The predicted octanol–water partition coefficient (Wildman–Crippen LogP) is 5.49. The van der Waals surface area contributed by atoms with E-state index < -0.39 is 17.7 Å². The van der Waals surface area contributed by atoms with E-state index in [1.807, 2.05) is 36.4 Å². The molecule has 4 aromatic rings. The van der Waals surface area contributed by atoms with E-state index in [4.69, 9.17) is 13.9 Å². The topological polar surface area (TPSA) is 89.2 Å². The number of carbonyl (C=O) groups is 2. The average Bonchev–Trinajstić information content (AvgIpc) is 3.55. The molecule has 1 aliphatic rings. The SMILES string of the molecule is COc1cc(C2/C(=C(\O)c3ccccc3)C(=O)C(=O)N2Cc2ccco2)ccc1OCc1ccccc1. The van der Waals surface area contributed by atoms with Gasteiger partial charge < -0.3 is 23.9 Å². The molecule has 0 aliphatic carbocycles. The number of rotatable bonds is 8. The summed E-state index contributed by atoms with van der Waals surface area (Å²) in [5.74, 6) is -0.253. The van der Waals surface area contributed by atoms with Crippen LogP contribution in [0.2, 0.25) is 0 Å². The summed E-state index contributed by atoms with van der Waals surface area (Å²) >= 11 is 0. The fraction of sp³-hybridized carbons (Fsp3) is 0.133. The maximum absolute atomic E-state index is 13.2. The van der Waals surface area contributed by atoms with Crippen molar-refractivity contribution in [2.45, 2.75) is 19.2 Å². The van der Waals surface area contributed by atoms with Crippen LogP contribution in [-0.2, 0) is 22.7 Å². The number of ether oxygens (including phenoxy) is 2. The molecule has 0 spiro atoms. The number of benzene rings is 3. The lowest BCUT2D eigenvalue weighted by Crippen LogP contribution is -2.29. The molecule has 2 heterocycles. The molecule has 7 nitrogen and oxygen atoms in total. The van der Waals surface area contributed by atoms with E-state index in [0.29, 0.717) is 35.0 Å². The zero-order valence-electron chi connectivity index (χ0n) is 20.2. The van der Waals surface area contributed by atoms with Crippen molar-refractivity contribution < 1.29 is 28.6 Å². The van der Waals surface area contributed by atoms with Crippen LogP contribution in [0.4, 0.5) is 0 Å². The summed E-state index contributed by atoms with van der Waals surface area (Å²) in [6.45, 7) is 0.407. The van der Waals surface area contributed by atoms with Crippen molar-refractivity contribution in [1.82, 2.24) is 4.90 Å². The molecule has 1 N–H and O–H groups in total. The van der Waals surface area contributed by atoms with Crippen LogP contribution in [0, 0.1) is 0 Å². The third-order valence-corrected chi connectivity index (χ3v) is 6.23. The Labute approximate surface area is 214 Å². The van der Waals surface area contributed by atoms with E-state index in [1.165, 1.54) is 18.3 Å². The summed E-state index contributed by atoms with van der Waals surface area (Å²) < 4.78 is 17.0. The standard InChI is InChI=1S/C30H25NO6/c1-35-25-17-22(14-15-24(25)37-19-20-9-4-2-5-10-20)27-26(28(32)21-11-6-3-7-12-21)29(33)30(34)31(27)18-23-13-8-16-36-23/h2-17,27,32H,18-19H2,1H3/b28-26+. The number of aliphatic hydroxyl groups excluding tert-OH is 1. The van der Waals surface area contributed by atoms with Gasteiger partial charge in [0.2, 0.25) is 0 Å². The van der Waals surface area contributed by atoms with Gasteiger partial charge in [0.15, 0.2) is 11.5 Å². The number of likely N-dealkylation sites (tertiary alicyclic amines) is 1. The Morgan fingerprint density at radius 2 is 1.65 bits per heavy atom. The molecule has 186 valence electrons. The third kappa shape index (κ3) is 4.84. The molecular formula is C30H25NO6. The lowest BCUT2D eigenvalue weighted by atomic mass is 9.95. The molecule has 1 aliphatic heterocycles. The van der Waals surface area contributed by atoms with Crippen molar-refractivity contribution >= 4 is 17.4 Å². The van der Waals surface area contributed by atoms with Crippen LogP contribution in [0.1, 0.15) is 28.5 Å². The number of amides is 1. The van der Waals surface area contributed by atoms with E-state index >= 15 is 0 Å². The molecule has 0 radical (unpaired) electrons. The molecule has 1 aromatic heterocycles. The van der Waals surface area contributed by atoms with E-state index in [0.717, 1.165) is 5.56 Å². The van der Waals surface area contributed by atoms with Crippen molar-refractivity contribution in [3.05, 3.63) is 125 Å². The van der Waals surface area contributed by atoms with E-state index in [2.05, 4.69) is 0 Å². The highest BCUT2D eigenvalue weighted by Gasteiger charge is 2.46. The summed E-state index contributed by atoms with van der Waals surface area (Å²) in [7, 11) is 1.53. The molecule has 0 saturated carbocycles. The molecule has 1 fully saturated rings. The summed E-state index contributed by atoms with van der Waals surface area (Å²) in [6.07, 6.45) is 1.51. The Morgan fingerprint density at radius 1 is 0.919 bits per heavy atom. The smallest absolute Gasteiger partial charge is 0.296 e. The minimum absolute atomic E-state index is 0.00256. The first-order valence-electron chi connectivity index (χ1n) is 11.8. The highest BCUT2D eigenvalue weighted by molar-refractivity contribution is 6.46. The van der Waals surface area contributed by atoms with Crippen LogP contribution < -0.4 is 9.47 Å². The zero-order chi connectivity index (χ0) is 25.8. The molecule has 37 heavy (non-hydrogen) atoms. The van der Waals surface area contributed by atoms with Gasteiger partial charge in [0, 0.05) is 5.56 Å². The minimum atomic E-state index is -0.859. The molecule has 1 atom stereocenters. The quantitative estimate of drug-likeness (QED) is 0.198. The first-order valence-corrected chi connectivity index (χ1v) is 11.8. The highest BCUT2D eigenvalue weighted by atomic mass is 16.5. The van der Waals surface area contributed by atoms with E-state index in [1.54, 1.807) is 54.6 Å². The Balaban J connectivity index is 1.56. The lowest BCUT2D eigenvalue weighted by molar-refractivity contribution is -0.140. The van der Waals surface area contributed by atoms with Gasteiger partial charge in [-0.3, -0.25) is 9.59 Å². The molecule has 1 unspecified atom stereocenters. The third-order valence-electron chi connectivity index (χ3n) is 6.23. The summed E-state index contributed by atoms with van der Waals surface area (Å²) in [4.78, 5) is 27.8. The molecule has 3 aromatic carbocycles. The molecule has 5 rings (SSSR count). The maximum Gasteiger partial charge on any atom is 0.296 e. The number of hydrogen-bond acceptors (Lipinski definition) is 6. The summed E-state index contributed by atoms with van der Waals surface area (Å²) in [5, 5.41) is 11.2. The Bertz CT molecular complexity index is 1430. The van der Waals surface area contributed by atoms with Gasteiger partial charge >= 0.3 is 0 Å². The Hall–Kier alpha value is -4.78. The fourth-order valence-electron chi connectivity index (χ4n) is 4.42. The highest BCUT2D eigenvalue weighted by Crippen LogP contribution is 2.42. The number of methoxy groups -OCH3 is 1. The second-order valence-electron chi connectivity index (χ2n) is 8.56. The normalized spacial score (nSPS) is 16.7. The summed E-state index contributed by atoms with van der Waals surface area (Å²) in [6, 6.07) is 26.3. The number of furan rings is 1. The number of aliphatic hydroxyl groups is 1. The van der Waals surface area contributed by atoms with Crippen molar-refractivity contribution in [1.29, 1.82) is 0 Å². The number of ketones is 1. The van der Waals surface area contributed by atoms with Crippen molar-refractivity contribution in [2.24, 2.45) is 0 Å². The monoisotopic (exact) mass is 495 g/mol. The van der Waals surface area contributed by atoms with Crippen LogP contribution in [0.3, 0.4) is 0 Å². The second kappa shape index (κ2) is 10.5. The number of carbonyl (C=O) groups excluding carboxylic acids is 2. The van der Waals surface area contributed by atoms with Gasteiger partial charge in [0.25, 0.3) is 11.7 Å². The van der Waals surface area contributed by atoms with Gasteiger partial charge in [0.1, 0.15) is 18.1 Å². The fourth-order valence-corrected chi connectivity index (χ4v) is 4.42.